The van der Waals surface area contributed by atoms with E-state index in [-0.39, 0.29) is 5.91 Å². The molecular weight excluding hydrogens is 192 g/mol. The average Bonchev–Trinajstić information content (AvgIpc) is 2.18. The van der Waals surface area contributed by atoms with Crippen LogP contribution in [0.5, 0.6) is 0 Å². The number of amides is 2. The van der Waals surface area contributed by atoms with Crippen LogP contribution >= 0.6 is 0 Å². The molecule has 0 aliphatic heterocycles. The molecule has 0 atom stereocenters. The Morgan fingerprint density at radius 3 is 2.80 bits per heavy atom. The molecule has 0 fully saturated rings. The summed E-state index contributed by atoms with van der Waals surface area (Å²) in [7, 11) is 3.44. The van der Waals surface area contributed by atoms with Crippen LogP contribution in [0.1, 0.15) is 5.56 Å². The Kier molecular flexibility index (Phi) is 3.85. The van der Waals surface area contributed by atoms with Gasteiger partial charge in [0.15, 0.2) is 0 Å². The van der Waals surface area contributed by atoms with Crippen molar-refractivity contribution in [2.45, 2.75) is 6.42 Å². The fourth-order valence-corrected chi connectivity index (χ4v) is 1.17. The molecule has 0 aliphatic carbocycles. The van der Waals surface area contributed by atoms with Crippen LogP contribution in [0.15, 0.2) is 24.3 Å². The Morgan fingerprint density at radius 1 is 1.47 bits per heavy atom. The largest absolute Gasteiger partial charge is 0.349 e. The number of likely N-dealkylation sites (N-methyl/N-ethyl adjacent to an activating group) is 1. The average molecular weight is 206 g/mol. The van der Waals surface area contributed by atoms with Gasteiger partial charge in [-0.2, -0.15) is 0 Å². The van der Waals surface area contributed by atoms with Crippen molar-refractivity contribution >= 4 is 18.0 Å². The molecule has 1 aromatic carbocycles. The van der Waals surface area contributed by atoms with Gasteiger partial charge in [-0.1, -0.05) is 12.1 Å². The third-order valence-electron chi connectivity index (χ3n) is 2.01. The number of hydrogen-bond donors (Lipinski definition) is 1. The molecule has 0 spiro atoms. The molecule has 1 N–H and O–H groups in total. The lowest BCUT2D eigenvalue weighted by atomic mass is 10.1. The number of benzene rings is 1. The second-order valence-electron chi connectivity index (χ2n) is 3.43. The van der Waals surface area contributed by atoms with Gasteiger partial charge in [0.1, 0.15) is 0 Å². The minimum absolute atomic E-state index is 0.0400. The number of carbonyl (C=O) groups excluding carboxylic acids is 2. The first-order chi connectivity index (χ1) is 7.13. The molecule has 0 heterocycles. The molecule has 0 aliphatic rings. The Balaban J connectivity index is 2.73. The molecule has 80 valence electrons. The number of rotatable bonds is 4. The van der Waals surface area contributed by atoms with Crippen molar-refractivity contribution in [1.82, 2.24) is 4.90 Å². The van der Waals surface area contributed by atoms with E-state index in [0.717, 1.165) is 5.56 Å². The standard InChI is InChI=1S/C11H14N2O2/c1-13(2)11(15)7-9-4-3-5-10(6-9)12-8-14/h3-6,8H,7H2,1-2H3,(H,12,14). The first kappa shape index (κ1) is 11.2. The van der Waals surface area contributed by atoms with E-state index in [0.29, 0.717) is 18.5 Å². The molecule has 0 saturated heterocycles. The Bertz CT molecular complexity index is 361. The molecular formula is C11H14N2O2. The lowest BCUT2D eigenvalue weighted by Gasteiger charge is -2.10. The highest BCUT2D eigenvalue weighted by molar-refractivity contribution is 5.79. The second-order valence-corrected chi connectivity index (χ2v) is 3.43. The van der Waals surface area contributed by atoms with Crippen LogP contribution < -0.4 is 5.32 Å². The number of anilines is 1. The van der Waals surface area contributed by atoms with Crippen LogP contribution in [0.4, 0.5) is 5.69 Å². The molecule has 0 unspecified atom stereocenters. The minimum atomic E-state index is 0.0400. The quantitative estimate of drug-likeness (QED) is 0.744. The highest BCUT2D eigenvalue weighted by Crippen LogP contribution is 2.10. The smallest absolute Gasteiger partial charge is 0.226 e. The first-order valence-electron chi connectivity index (χ1n) is 4.63. The van der Waals surface area contributed by atoms with Gasteiger partial charge in [0, 0.05) is 19.8 Å². The van der Waals surface area contributed by atoms with Crippen LogP contribution in [-0.4, -0.2) is 31.3 Å². The van der Waals surface area contributed by atoms with Gasteiger partial charge >= 0.3 is 0 Å². The Labute approximate surface area is 88.9 Å². The number of carbonyl (C=O) groups is 2. The molecule has 15 heavy (non-hydrogen) atoms. The van der Waals surface area contributed by atoms with Crippen molar-refractivity contribution in [1.29, 1.82) is 0 Å². The Morgan fingerprint density at radius 2 is 2.20 bits per heavy atom. The van der Waals surface area contributed by atoms with Crippen LogP contribution in [-0.2, 0) is 16.0 Å². The highest BCUT2D eigenvalue weighted by atomic mass is 16.2. The minimum Gasteiger partial charge on any atom is -0.349 e. The van der Waals surface area contributed by atoms with Crippen LogP contribution in [0.3, 0.4) is 0 Å². The van der Waals surface area contributed by atoms with Crippen molar-refractivity contribution in [3.05, 3.63) is 29.8 Å². The van der Waals surface area contributed by atoms with Gasteiger partial charge in [0.05, 0.1) is 6.42 Å². The van der Waals surface area contributed by atoms with Crippen LogP contribution in [0.25, 0.3) is 0 Å². The second kappa shape index (κ2) is 5.14. The third-order valence-corrected chi connectivity index (χ3v) is 2.01. The molecule has 4 heteroatoms. The van der Waals surface area contributed by atoms with E-state index in [1.165, 1.54) is 0 Å². The lowest BCUT2D eigenvalue weighted by molar-refractivity contribution is -0.127. The van der Waals surface area contributed by atoms with Crippen molar-refractivity contribution in [3.8, 4) is 0 Å². The summed E-state index contributed by atoms with van der Waals surface area (Å²) in [4.78, 5) is 23.2. The van der Waals surface area contributed by atoms with Crippen molar-refractivity contribution in [3.63, 3.8) is 0 Å². The van der Waals surface area contributed by atoms with Crippen LogP contribution in [0, 0.1) is 0 Å². The SMILES string of the molecule is CN(C)C(=O)Cc1cccc(NC=O)c1. The Hall–Kier alpha value is -1.84. The van der Waals surface area contributed by atoms with E-state index in [2.05, 4.69) is 5.32 Å². The normalized spacial score (nSPS) is 9.47. The molecule has 0 radical (unpaired) electrons. The zero-order valence-corrected chi connectivity index (χ0v) is 8.86. The van der Waals surface area contributed by atoms with Crippen molar-refractivity contribution in [2.24, 2.45) is 0 Å². The fraction of sp³-hybridized carbons (Fsp3) is 0.273. The fourth-order valence-electron chi connectivity index (χ4n) is 1.17. The summed E-state index contributed by atoms with van der Waals surface area (Å²) in [5, 5.41) is 2.54. The van der Waals surface area contributed by atoms with E-state index in [4.69, 9.17) is 0 Å². The zero-order chi connectivity index (χ0) is 11.3. The van der Waals surface area contributed by atoms with E-state index in [9.17, 15) is 9.59 Å². The highest BCUT2D eigenvalue weighted by Gasteiger charge is 2.05. The van der Waals surface area contributed by atoms with Gasteiger partial charge < -0.3 is 10.2 Å². The summed E-state index contributed by atoms with van der Waals surface area (Å²) in [5.41, 5.74) is 1.59. The predicted molar refractivity (Wildman–Crippen MR) is 58.5 cm³/mol. The summed E-state index contributed by atoms with van der Waals surface area (Å²) < 4.78 is 0. The van der Waals surface area contributed by atoms with Gasteiger partial charge in [-0.25, -0.2) is 0 Å². The van der Waals surface area contributed by atoms with Gasteiger partial charge in [0.2, 0.25) is 12.3 Å². The number of nitrogens with zero attached hydrogens (tertiary/aromatic N) is 1. The van der Waals surface area contributed by atoms with E-state index >= 15 is 0 Å². The van der Waals surface area contributed by atoms with E-state index < -0.39 is 0 Å². The summed E-state index contributed by atoms with van der Waals surface area (Å²) in [6.45, 7) is 0. The van der Waals surface area contributed by atoms with Gasteiger partial charge in [-0.3, -0.25) is 9.59 Å². The summed E-state index contributed by atoms with van der Waals surface area (Å²) in [5.74, 6) is 0.0400. The molecule has 1 rings (SSSR count). The number of hydrogen-bond acceptors (Lipinski definition) is 2. The third kappa shape index (κ3) is 3.42. The number of nitrogens with one attached hydrogen (secondary N) is 1. The summed E-state index contributed by atoms with van der Waals surface area (Å²) >= 11 is 0. The molecule has 1 aromatic rings. The lowest BCUT2D eigenvalue weighted by Crippen LogP contribution is -2.23. The van der Waals surface area contributed by atoms with Gasteiger partial charge in [0.25, 0.3) is 0 Å². The maximum atomic E-state index is 11.4. The van der Waals surface area contributed by atoms with Crippen LogP contribution in [0.2, 0.25) is 0 Å². The van der Waals surface area contributed by atoms with E-state index in [1.807, 2.05) is 12.1 Å². The van der Waals surface area contributed by atoms with Crippen molar-refractivity contribution < 1.29 is 9.59 Å². The zero-order valence-electron chi connectivity index (χ0n) is 8.86. The molecule has 2 amide bonds. The summed E-state index contributed by atoms with van der Waals surface area (Å²) in [6, 6.07) is 7.23. The molecule has 4 nitrogen and oxygen atoms in total. The summed E-state index contributed by atoms with van der Waals surface area (Å²) in [6.07, 6.45) is 0.967. The predicted octanol–water partition coefficient (Wildman–Crippen LogP) is 0.886. The topological polar surface area (TPSA) is 49.4 Å². The molecule has 0 bridgehead atoms. The first-order valence-corrected chi connectivity index (χ1v) is 4.63. The van der Waals surface area contributed by atoms with Gasteiger partial charge in [-0.05, 0) is 17.7 Å². The maximum absolute atomic E-state index is 11.4. The van der Waals surface area contributed by atoms with E-state index in [1.54, 1.807) is 31.1 Å². The molecule has 0 aromatic heterocycles. The van der Waals surface area contributed by atoms with Crippen molar-refractivity contribution in [2.75, 3.05) is 19.4 Å². The maximum Gasteiger partial charge on any atom is 0.226 e. The van der Waals surface area contributed by atoms with Gasteiger partial charge in [-0.15, -0.1) is 0 Å². The monoisotopic (exact) mass is 206 g/mol. The molecule has 0 saturated carbocycles.